The number of anilines is 1. The summed E-state index contributed by atoms with van der Waals surface area (Å²) in [5, 5.41) is 9.79. The van der Waals surface area contributed by atoms with Crippen molar-refractivity contribution in [1.29, 1.82) is 0 Å². The van der Waals surface area contributed by atoms with Gasteiger partial charge in [-0.05, 0) is 67.7 Å². The van der Waals surface area contributed by atoms with E-state index in [-0.39, 0.29) is 11.7 Å². The Morgan fingerprint density at radius 1 is 1.10 bits per heavy atom. The molecule has 0 saturated heterocycles. The molecule has 0 radical (unpaired) electrons. The minimum atomic E-state index is -4.38. The van der Waals surface area contributed by atoms with Crippen molar-refractivity contribution in [2.24, 2.45) is 0 Å². The molecule has 29 heavy (non-hydrogen) atoms. The Bertz CT molecular complexity index is 957. The van der Waals surface area contributed by atoms with E-state index in [1.54, 1.807) is 0 Å². The van der Waals surface area contributed by atoms with Crippen molar-refractivity contribution in [2.75, 3.05) is 11.9 Å². The molecule has 0 aliphatic rings. The highest BCUT2D eigenvalue weighted by Crippen LogP contribution is 2.29. The molecule has 3 aromatic rings. The minimum Gasteiger partial charge on any atom is -0.494 e. The van der Waals surface area contributed by atoms with E-state index in [1.165, 1.54) is 12.1 Å². The Balaban J connectivity index is 1.53. The van der Waals surface area contributed by atoms with Crippen molar-refractivity contribution >= 4 is 23.0 Å². The van der Waals surface area contributed by atoms with Gasteiger partial charge < -0.3 is 19.9 Å². The summed E-state index contributed by atoms with van der Waals surface area (Å²) < 4.78 is 48.3. The van der Waals surface area contributed by atoms with Crippen molar-refractivity contribution in [3.05, 3.63) is 60.0 Å². The van der Waals surface area contributed by atoms with Gasteiger partial charge in [-0.1, -0.05) is 5.16 Å². The molecule has 152 valence electrons. The van der Waals surface area contributed by atoms with Crippen molar-refractivity contribution in [2.45, 2.75) is 19.6 Å². The Labute approximate surface area is 170 Å². The van der Waals surface area contributed by atoms with Crippen LogP contribution >= 0.6 is 12.2 Å². The smallest absolute Gasteiger partial charge is 0.416 e. The van der Waals surface area contributed by atoms with E-state index in [1.807, 2.05) is 31.2 Å². The zero-order valence-corrected chi connectivity index (χ0v) is 16.1. The molecule has 6 nitrogen and oxygen atoms in total. The first-order chi connectivity index (χ1) is 13.8. The molecule has 0 unspecified atom stereocenters. The van der Waals surface area contributed by atoms with E-state index in [4.69, 9.17) is 21.5 Å². The third-order valence-corrected chi connectivity index (χ3v) is 4.01. The summed E-state index contributed by atoms with van der Waals surface area (Å²) in [6, 6.07) is 11.8. The topological polar surface area (TPSA) is 72.2 Å². The summed E-state index contributed by atoms with van der Waals surface area (Å²) in [5.74, 6) is 1.48. The number of alkyl halides is 3. The fraction of sp³-hybridized carbons (Fsp3) is 0.211. The van der Waals surface area contributed by atoms with Gasteiger partial charge in [-0.25, -0.2) is 0 Å². The van der Waals surface area contributed by atoms with Crippen LogP contribution in [0.2, 0.25) is 0 Å². The predicted molar refractivity (Wildman–Crippen MR) is 105 cm³/mol. The molecule has 0 fully saturated rings. The maximum atomic E-state index is 12.6. The summed E-state index contributed by atoms with van der Waals surface area (Å²) in [5.41, 5.74) is 0.472. The SMILES string of the molecule is CCOc1ccc(-c2noc(CNC(=S)Nc3ccc(C(F)(F)F)cc3)n2)cc1. The van der Waals surface area contributed by atoms with Crippen LogP contribution in [-0.2, 0) is 12.7 Å². The first-order valence-electron chi connectivity index (χ1n) is 8.63. The first-order valence-corrected chi connectivity index (χ1v) is 9.04. The standard InChI is InChI=1S/C19H17F3N4O2S/c1-2-27-15-9-3-12(4-10-15)17-25-16(28-26-17)11-23-18(29)24-14-7-5-13(6-8-14)19(20,21)22/h3-10H,2,11H2,1H3,(H2,23,24,29). The first kappa shape index (κ1) is 20.6. The second-order valence-corrected chi connectivity index (χ2v) is 6.26. The van der Waals surface area contributed by atoms with Crippen LogP contribution < -0.4 is 15.4 Å². The molecular weight excluding hydrogens is 405 g/mol. The third-order valence-electron chi connectivity index (χ3n) is 3.76. The molecule has 0 atom stereocenters. The van der Waals surface area contributed by atoms with E-state index in [2.05, 4.69) is 20.8 Å². The zero-order chi connectivity index (χ0) is 20.9. The molecule has 0 aliphatic carbocycles. The molecule has 0 spiro atoms. The van der Waals surface area contributed by atoms with Gasteiger partial charge in [-0.3, -0.25) is 0 Å². The van der Waals surface area contributed by atoms with Gasteiger partial charge in [0.15, 0.2) is 5.11 Å². The summed E-state index contributed by atoms with van der Waals surface area (Å²) in [4.78, 5) is 4.28. The van der Waals surface area contributed by atoms with Gasteiger partial charge in [0.2, 0.25) is 11.7 Å². The number of nitrogens with zero attached hydrogens (tertiary/aromatic N) is 2. The van der Waals surface area contributed by atoms with Gasteiger partial charge in [0, 0.05) is 11.3 Å². The molecule has 0 aliphatic heterocycles. The lowest BCUT2D eigenvalue weighted by Gasteiger charge is -2.10. The number of nitrogens with one attached hydrogen (secondary N) is 2. The summed E-state index contributed by atoms with van der Waals surface area (Å²) >= 11 is 5.13. The monoisotopic (exact) mass is 422 g/mol. The van der Waals surface area contributed by atoms with Crippen LogP contribution in [0.15, 0.2) is 53.1 Å². The second kappa shape index (κ2) is 8.91. The molecular formula is C19H17F3N4O2S. The molecule has 1 aromatic heterocycles. The summed E-state index contributed by atoms with van der Waals surface area (Å²) in [7, 11) is 0. The number of benzene rings is 2. The number of hydrogen-bond donors (Lipinski definition) is 2. The highest BCUT2D eigenvalue weighted by Gasteiger charge is 2.29. The molecule has 0 bridgehead atoms. The molecule has 3 rings (SSSR count). The van der Waals surface area contributed by atoms with Crippen molar-refractivity contribution < 1.29 is 22.4 Å². The van der Waals surface area contributed by atoms with Crippen molar-refractivity contribution in [3.63, 3.8) is 0 Å². The summed E-state index contributed by atoms with van der Waals surface area (Å²) in [6.45, 7) is 2.65. The second-order valence-electron chi connectivity index (χ2n) is 5.85. The van der Waals surface area contributed by atoms with Gasteiger partial charge >= 0.3 is 6.18 Å². The van der Waals surface area contributed by atoms with Crippen molar-refractivity contribution in [1.82, 2.24) is 15.5 Å². The maximum absolute atomic E-state index is 12.6. The Kier molecular flexibility index (Phi) is 6.32. The van der Waals surface area contributed by atoms with Crippen LogP contribution in [0.25, 0.3) is 11.4 Å². The third kappa shape index (κ3) is 5.67. The highest BCUT2D eigenvalue weighted by atomic mass is 32.1. The van der Waals surface area contributed by atoms with E-state index in [9.17, 15) is 13.2 Å². The van der Waals surface area contributed by atoms with E-state index in [0.717, 1.165) is 23.4 Å². The Morgan fingerprint density at radius 2 is 1.79 bits per heavy atom. The predicted octanol–water partition coefficient (Wildman–Crippen LogP) is 4.64. The average molecular weight is 422 g/mol. The van der Waals surface area contributed by atoms with Crippen LogP contribution in [0.3, 0.4) is 0 Å². The lowest BCUT2D eigenvalue weighted by Crippen LogP contribution is -2.28. The molecule has 2 aromatic carbocycles. The zero-order valence-electron chi connectivity index (χ0n) is 15.3. The van der Waals surface area contributed by atoms with Gasteiger partial charge in [0.25, 0.3) is 0 Å². The average Bonchev–Trinajstić information content (AvgIpc) is 3.16. The molecule has 0 amide bonds. The highest BCUT2D eigenvalue weighted by molar-refractivity contribution is 7.80. The normalized spacial score (nSPS) is 11.2. The van der Waals surface area contributed by atoms with Crippen LogP contribution in [0.1, 0.15) is 18.4 Å². The number of ether oxygens (including phenoxy) is 1. The number of thiocarbonyl (C=S) groups is 1. The quantitative estimate of drug-likeness (QED) is 0.561. The number of aromatic nitrogens is 2. The fourth-order valence-electron chi connectivity index (χ4n) is 2.38. The van der Waals surface area contributed by atoms with Gasteiger partial charge in [0.05, 0.1) is 18.7 Å². The van der Waals surface area contributed by atoms with Crippen LogP contribution in [0.5, 0.6) is 5.75 Å². The van der Waals surface area contributed by atoms with Crippen LogP contribution in [0.4, 0.5) is 18.9 Å². The number of hydrogen-bond acceptors (Lipinski definition) is 5. The van der Waals surface area contributed by atoms with E-state index >= 15 is 0 Å². The molecule has 0 saturated carbocycles. The van der Waals surface area contributed by atoms with Crippen LogP contribution in [0, 0.1) is 0 Å². The van der Waals surface area contributed by atoms with Crippen LogP contribution in [-0.4, -0.2) is 21.9 Å². The molecule has 10 heteroatoms. The summed E-state index contributed by atoms with van der Waals surface area (Å²) in [6.07, 6.45) is -4.38. The van der Waals surface area contributed by atoms with Crippen molar-refractivity contribution in [3.8, 4) is 17.1 Å². The van der Waals surface area contributed by atoms with Gasteiger partial charge in [0.1, 0.15) is 5.75 Å². The Hall–Kier alpha value is -3.14. The molecule has 1 heterocycles. The Morgan fingerprint density at radius 3 is 2.41 bits per heavy atom. The molecule has 2 N–H and O–H groups in total. The van der Waals surface area contributed by atoms with E-state index in [0.29, 0.717) is 24.0 Å². The van der Waals surface area contributed by atoms with Gasteiger partial charge in [-0.2, -0.15) is 18.2 Å². The lowest BCUT2D eigenvalue weighted by molar-refractivity contribution is -0.137. The maximum Gasteiger partial charge on any atom is 0.416 e. The largest absolute Gasteiger partial charge is 0.494 e. The number of rotatable bonds is 6. The minimum absolute atomic E-state index is 0.163. The lowest BCUT2D eigenvalue weighted by atomic mass is 10.2. The fourth-order valence-corrected chi connectivity index (χ4v) is 2.57. The number of halogens is 3. The van der Waals surface area contributed by atoms with E-state index < -0.39 is 11.7 Å². The van der Waals surface area contributed by atoms with Gasteiger partial charge in [-0.15, -0.1) is 0 Å².